The lowest BCUT2D eigenvalue weighted by Crippen LogP contribution is -2.30. The first-order chi connectivity index (χ1) is 45.2. The van der Waals surface area contributed by atoms with Crippen molar-refractivity contribution in [2.24, 2.45) is 0 Å². The predicted octanol–water partition coefficient (Wildman–Crippen LogP) is 19.3. The van der Waals surface area contributed by atoms with Gasteiger partial charge in [0, 0.05) is 19.3 Å². The van der Waals surface area contributed by atoms with Crippen LogP contribution in [0.25, 0.3) is 0 Å². The molecule has 4 N–H and O–H groups in total. The Kier molecular flexibility index (Phi) is 63.2. The Morgan fingerprint density at radius 1 is 0.301 bits per heavy atom. The molecule has 0 aromatic heterocycles. The summed E-state index contributed by atoms with van der Waals surface area (Å²) < 4.78 is 60.9. The molecule has 16 nitrogen and oxygen atoms in total. The highest BCUT2D eigenvalue weighted by Gasteiger charge is 2.29. The predicted molar refractivity (Wildman–Crippen MR) is 380 cm³/mol. The van der Waals surface area contributed by atoms with Crippen LogP contribution in [0.15, 0.2) is 170 Å². The fourth-order valence-corrected chi connectivity index (χ4v) is 9.84. The quantitative estimate of drug-likeness (QED) is 0.0146. The Morgan fingerprint density at radius 3 is 0.871 bits per heavy atom. The first kappa shape index (κ1) is 87.9. The second-order valence-electron chi connectivity index (χ2n) is 22.2. The lowest BCUT2D eigenvalue weighted by atomic mass is 10.1. The average Bonchev–Trinajstić information content (AvgIpc) is 3.72. The van der Waals surface area contributed by atoms with Gasteiger partial charge in [-0.25, -0.2) is 9.13 Å². The lowest BCUT2D eigenvalue weighted by Gasteiger charge is -2.21. The number of allylic oxidation sites excluding steroid dienone is 28. The number of aliphatic hydroxyl groups excluding tert-OH is 2. The molecule has 0 spiro atoms. The van der Waals surface area contributed by atoms with E-state index in [1.165, 1.54) is 0 Å². The molecule has 93 heavy (non-hydrogen) atoms. The largest absolute Gasteiger partial charge is 0.472 e. The van der Waals surface area contributed by atoms with E-state index >= 15 is 0 Å². The van der Waals surface area contributed by atoms with Crippen molar-refractivity contribution in [3.8, 4) is 0 Å². The van der Waals surface area contributed by atoms with E-state index in [-0.39, 0.29) is 19.3 Å². The van der Waals surface area contributed by atoms with Gasteiger partial charge in [0.2, 0.25) is 0 Å². The van der Waals surface area contributed by atoms with E-state index in [0.29, 0.717) is 19.3 Å². The molecule has 0 aliphatic carbocycles. The van der Waals surface area contributed by atoms with Gasteiger partial charge in [0.05, 0.1) is 26.4 Å². The molecule has 0 aromatic rings. The Labute approximate surface area is 561 Å². The van der Waals surface area contributed by atoms with Crippen LogP contribution in [0.1, 0.15) is 226 Å². The van der Waals surface area contributed by atoms with Crippen LogP contribution in [-0.4, -0.2) is 95.9 Å². The second-order valence-corrected chi connectivity index (χ2v) is 25.1. The van der Waals surface area contributed by atoms with Gasteiger partial charge < -0.3 is 34.2 Å². The number of rotatable bonds is 63. The van der Waals surface area contributed by atoms with Gasteiger partial charge in [0.15, 0.2) is 6.10 Å². The number of hydrogen-bond acceptors (Lipinski definition) is 14. The molecule has 0 aliphatic rings. The zero-order valence-electron chi connectivity index (χ0n) is 56.9. The second kappa shape index (κ2) is 66.9. The zero-order valence-corrected chi connectivity index (χ0v) is 58.6. The van der Waals surface area contributed by atoms with Gasteiger partial charge in [-0.2, -0.15) is 0 Å². The SMILES string of the molecule is CC/C=C\C/C=C\C/C=C\C/C=C\C/C=C\C/C=C\CCCCC(=O)OCC(O)COP(=O)(O)OCC(O)COP(=O)(O)OCC(COC(=O)CCCCCCCC/C=C\C/C=C\C/C=C\C/C=C\CC)OC(=O)CCCCCC/C=C\C/C=C\C/C=C\C/C=C\CC. The fourth-order valence-electron chi connectivity index (χ4n) is 8.26. The maximum Gasteiger partial charge on any atom is 0.472 e. The van der Waals surface area contributed by atoms with Crippen molar-refractivity contribution >= 4 is 33.6 Å². The van der Waals surface area contributed by atoms with Gasteiger partial charge in [-0.15, -0.1) is 0 Å². The fraction of sp³-hybridized carbons (Fsp3) is 0.587. The molecular weight excluding hydrogens is 1220 g/mol. The van der Waals surface area contributed by atoms with E-state index < -0.39 is 91.5 Å². The minimum absolute atomic E-state index is 0.0650. The first-order valence-electron chi connectivity index (χ1n) is 34.4. The molecular formula is C75H120O16P2. The van der Waals surface area contributed by atoms with Crippen LogP contribution in [0.2, 0.25) is 0 Å². The summed E-state index contributed by atoms with van der Waals surface area (Å²) in [6, 6.07) is 0. The Bertz CT molecular complexity index is 2370. The number of hydrogen-bond donors (Lipinski definition) is 4. The molecule has 0 saturated heterocycles. The van der Waals surface area contributed by atoms with E-state index in [4.69, 9.17) is 32.3 Å². The molecule has 526 valence electrons. The van der Waals surface area contributed by atoms with Gasteiger partial charge in [-0.3, -0.25) is 32.5 Å². The third-order valence-corrected chi connectivity index (χ3v) is 15.3. The maximum absolute atomic E-state index is 12.9. The summed E-state index contributed by atoms with van der Waals surface area (Å²) in [5, 5.41) is 20.6. The van der Waals surface area contributed by atoms with Crippen molar-refractivity contribution in [1.29, 1.82) is 0 Å². The molecule has 0 aliphatic heterocycles. The zero-order chi connectivity index (χ0) is 68.1. The van der Waals surface area contributed by atoms with Crippen molar-refractivity contribution in [1.82, 2.24) is 0 Å². The van der Waals surface area contributed by atoms with Crippen molar-refractivity contribution in [3.63, 3.8) is 0 Å². The van der Waals surface area contributed by atoms with Crippen LogP contribution < -0.4 is 0 Å². The summed E-state index contributed by atoms with van der Waals surface area (Å²) >= 11 is 0. The van der Waals surface area contributed by atoms with E-state index in [9.17, 15) is 43.5 Å². The summed E-state index contributed by atoms with van der Waals surface area (Å²) in [6.07, 6.45) is 82.6. The highest BCUT2D eigenvalue weighted by Crippen LogP contribution is 2.45. The van der Waals surface area contributed by atoms with Crippen molar-refractivity contribution < 1.29 is 75.8 Å². The number of esters is 3. The number of aliphatic hydroxyl groups is 2. The number of ether oxygens (including phenoxy) is 3. The highest BCUT2D eigenvalue weighted by molar-refractivity contribution is 7.47. The topological polar surface area (TPSA) is 231 Å². The molecule has 0 radical (unpaired) electrons. The van der Waals surface area contributed by atoms with Crippen molar-refractivity contribution in [2.75, 3.05) is 39.6 Å². The normalized spacial score (nSPS) is 15.2. The van der Waals surface area contributed by atoms with Gasteiger partial charge in [0.25, 0.3) is 0 Å². The van der Waals surface area contributed by atoms with Crippen LogP contribution in [0.3, 0.4) is 0 Å². The Hall–Kier alpha value is -5.09. The summed E-state index contributed by atoms with van der Waals surface area (Å²) in [4.78, 5) is 58.4. The molecule has 0 rings (SSSR count). The molecule has 0 fully saturated rings. The van der Waals surface area contributed by atoms with E-state index in [1.807, 2.05) is 0 Å². The minimum atomic E-state index is -4.95. The standard InChI is InChI=1S/C75H120O16P2/c1-4-7-10-13-16-19-22-25-28-31-33-34-36-39-40-43-46-49-52-55-58-61-73(78)85-64-70(76)65-87-92(81,82)88-66-71(77)67-89-93(83,84)90-69-72(91-75(80)63-60-57-54-51-48-45-42-37-30-27-24-21-18-15-12-9-6-3)68-86-74(79)62-59-56-53-50-47-44-41-38-35-32-29-26-23-20-17-14-11-8-5-2/h7-12,16-21,25-30,33-35,38-40,42,45-46,49,70-72,76-77H,4-6,13-15,22-24,31-32,36-37,41,43-44,47-48,50-69H2,1-3H3,(H,81,82)(H,83,84)/b10-7-,11-8-,12-9-,19-16-,20-17-,21-18-,28-25-,29-26-,30-27-,34-33-,38-35-,40-39-,45-42-,49-46-. The van der Waals surface area contributed by atoms with E-state index in [1.54, 1.807) is 0 Å². The van der Waals surface area contributed by atoms with Gasteiger partial charge in [-0.1, -0.05) is 229 Å². The van der Waals surface area contributed by atoms with Crippen molar-refractivity contribution in [3.05, 3.63) is 170 Å². The summed E-state index contributed by atoms with van der Waals surface area (Å²) in [6.45, 7) is 2.19. The van der Waals surface area contributed by atoms with Crippen LogP contribution >= 0.6 is 15.6 Å². The van der Waals surface area contributed by atoms with Crippen LogP contribution in [0.5, 0.6) is 0 Å². The third-order valence-electron chi connectivity index (χ3n) is 13.4. The van der Waals surface area contributed by atoms with Gasteiger partial charge >= 0.3 is 33.6 Å². The summed E-state index contributed by atoms with van der Waals surface area (Å²) in [7, 11) is -9.82. The number of carbonyl (C=O) groups excluding carboxylic acids is 3. The van der Waals surface area contributed by atoms with Crippen molar-refractivity contribution in [2.45, 2.75) is 245 Å². The molecule has 5 atom stereocenters. The maximum atomic E-state index is 12.9. The van der Waals surface area contributed by atoms with Gasteiger partial charge in [0.1, 0.15) is 25.4 Å². The molecule has 0 heterocycles. The number of phosphoric ester groups is 2. The molecule has 18 heteroatoms. The van der Waals surface area contributed by atoms with Gasteiger partial charge in [-0.05, 0) is 148 Å². The van der Waals surface area contributed by atoms with Crippen LogP contribution in [0, 0.1) is 0 Å². The minimum Gasteiger partial charge on any atom is -0.463 e. The number of unbranched alkanes of at least 4 members (excludes halogenated alkanes) is 12. The molecule has 0 amide bonds. The summed E-state index contributed by atoms with van der Waals surface area (Å²) in [5.74, 6) is -1.68. The molecule has 5 unspecified atom stereocenters. The van der Waals surface area contributed by atoms with E-state index in [0.717, 1.165) is 167 Å². The monoisotopic (exact) mass is 1340 g/mol. The van der Waals surface area contributed by atoms with Crippen LogP contribution in [-0.2, 0) is 55.8 Å². The smallest absolute Gasteiger partial charge is 0.463 e. The number of carbonyl (C=O) groups is 3. The first-order valence-corrected chi connectivity index (χ1v) is 37.4. The van der Waals surface area contributed by atoms with E-state index in [2.05, 4.69) is 191 Å². The Balaban J connectivity index is 4.79. The third kappa shape index (κ3) is 68.1. The molecule has 0 aromatic carbocycles. The summed E-state index contributed by atoms with van der Waals surface area (Å²) in [5.41, 5.74) is 0. The highest BCUT2D eigenvalue weighted by atomic mass is 31.2. The average molecular weight is 1340 g/mol. The number of phosphoric acid groups is 2. The molecule has 0 bridgehead atoms. The molecule has 0 saturated carbocycles. The van der Waals surface area contributed by atoms with Crippen LogP contribution in [0.4, 0.5) is 0 Å². The lowest BCUT2D eigenvalue weighted by molar-refractivity contribution is -0.161. The Morgan fingerprint density at radius 2 is 0.538 bits per heavy atom.